The summed E-state index contributed by atoms with van der Waals surface area (Å²) in [4.78, 5) is 8.65. The van der Waals surface area contributed by atoms with Crippen molar-refractivity contribution in [3.05, 3.63) is 78.2 Å². The second-order valence-electron chi connectivity index (χ2n) is 5.76. The molecule has 118 valence electrons. The molecule has 0 aliphatic carbocycles. The van der Waals surface area contributed by atoms with Gasteiger partial charge >= 0.3 is 0 Å². The molecular weight excluding hydrogens is 298 g/mol. The standard InChI is InChI=1S/C19H17N5/c1-14-7-9-16(10-8-14)22-18-17-12-24(23-19(17)21-13-20-18)11-15-5-3-2-4-6-15/h2-10,12-13H,11H2,1H3,(H,20,21,22,23). The first kappa shape index (κ1) is 14.4. The van der Waals surface area contributed by atoms with Crippen LogP contribution in [0.25, 0.3) is 11.0 Å². The number of nitrogens with one attached hydrogen (secondary N) is 1. The highest BCUT2D eigenvalue weighted by Crippen LogP contribution is 2.22. The van der Waals surface area contributed by atoms with E-state index in [1.807, 2.05) is 41.2 Å². The predicted molar refractivity (Wildman–Crippen MR) is 95.3 cm³/mol. The highest BCUT2D eigenvalue weighted by atomic mass is 15.3. The van der Waals surface area contributed by atoms with Crippen molar-refractivity contribution in [2.75, 3.05) is 5.32 Å². The zero-order valence-electron chi connectivity index (χ0n) is 13.3. The molecule has 5 heteroatoms. The van der Waals surface area contributed by atoms with Crippen LogP contribution in [0, 0.1) is 6.92 Å². The van der Waals surface area contributed by atoms with Crippen LogP contribution in [-0.2, 0) is 6.54 Å². The largest absolute Gasteiger partial charge is 0.340 e. The van der Waals surface area contributed by atoms with Gasteiger partial charge in [0.2, 0.25) is 0 Å². The Morgan fingerprint density at radius 2 is 1.75 bits per heavy atom. The Hall–Kier alpha value is -3.21. The van der Waals surface area contributed by atoms with E-state index in [0.717, 1.165) is 16.9 Å². The summed E-state index contributed by atoms with van der Waals surface area (Å²) in [6.07, 6.45) is 3.53. The molecule has 0 fully saturated rings. The number of aryl methyl sites for hydroxylation is 1. The van der Waals surface area contributed by atoms with E-state index < -0.39 is 0 Å². The summed E-state index contributed by atoms with van der Waals surface area (Å²) in [6, 6.07) is 18.5. The van der Waals surface area contributed by atoms with Gasteiger partial charge < -0.3 is 5.32 Å². The Bertz CT molecular complexity index is 958. The van der Waals surface area contributed by atoms with E-state index in [4.69, 9.17) is 0 Å². The summed E-state index contributed by atoms with van der Waals surface area (Å²) in [6.45, 7) is 2.78. The molecule has 0 atom stereocenters. The molecule has 4 rings (SSSR count). The first-order valence-corrected chi connectivity index (χ1v) is 7.84. The smallest absolute Gasteiger partial charge is 0.186 e. The molecule has 2 aromatic carbocycles. The number of hydrogen-bond donors (Lipinski definition) is 1. The Balaban J connectivity index is 1.65. The Morgan fingerprint density at radius 1 is 0.958 bits per heavy atom. The third-order valence-corrected chi connectivity index (χ3v) is 3.87. The van der Waals surface area contributed by atoms with Crippen LogP contribution < -0.4 is 5.32 Å². The minimum absolute atomic E-state index is 0.690. The Labute approximate surface area is 140 Å². The summed E-state index contributed by atoms with van der Waals surface area (Å²) >= 11 is 0. The number of fused-ring (bicyclic) bond motifs is 1. The SMILES string of the molecule is Cc1ccc(Nc2ncnc3nn(Cc4ccccc4)cc23)cc1. The summed E-state index contributed by atoms with van der Waals surface area (Å²) < 4.78 is 1.90. The third kappa shape index (κ3) is 2.96. The number of nitrogens with zero attached hydrogens (tertiary/aromatic N) is 4. The minimum Gasteiger partial charge on any atom is -0.340 e. The van der Waals surface area contributed by atoms with E-state index >= 15 is 0 Å². The van der Waals surface area contributed by atoms with Gasteiger partial charge in [0.1, 0.15) is 12.1 Å². The van der Waals surface area contributed by atoms with Crippen molar-refractivity contribution in [2.24, 2.45) is 0 Å². The van der Waals surface area contributed by atoms with Gasteiger partial charge in [-0.1, -0.05) is 48.0 Å². The molecule has 0 spiro atoms. The zero-order chi connectivity index (χ0) is 16.4. The molecule has 0 bridgehead atoms. The Kier molecular flexibility index (Phi) is 3.67. The van der Waals surface area contributed by atoms with Crippen molar-refractivity contribution in [1.82, 2.24) is 19.7 Å². The molecule has 0 saturated carbocycles. The van der Waals surface area contributed by atoms with Crippen molar-refractivity contribution < 1.29 is 0 Å². The number of aromatic nitrogens is 4. The topological polar surface area (TPSA) is 55.6 Å². The molecule has 0 saturated heterocycles. The van der Waals surface area contributed by atoms with Gasteiger partial charge in [0.25, 0.3) is 0 Å². The Morgan fingerprint density at radius 3 is 2.54 bits per heavy atom. The summed E-state index contributed by atoms with van der Waals surface area (Å²) in [5.74, 6) is 0.767. The monoisotopic (exact) mass is 315 g/mol. The number of benzene rings is 2. The average Bonchev–Trinajstić information content (AvgIpc) is 3.01. The summed E-state index contributed by atoms with van der Waals surface area (Å²) in [7, 11) is 0. The van der Waals surface area contributed by atoms with Crippen LogP contribution in [0.1, 0.15) is 11.1 Å². The number of anilines is 2. The van der Waals surface area contributed by atoms with Crippen LogP contribution in [0.5, 0.6) is 0 Å². The lowest BCUT2D eigenvalue weighted by Gasteiger charge is -2.05. The molecule has 5 nitrogen and oxygen atoms in total. The lowest BCUT2D eigenvalue weighted by atomic mass is 10.2. The molecule has 2 heterocycles. The van der Waals surface area contributed by atoms with E-state index in [1.165, 1.54) is 11.1 Å². The van der Waals surface area contributed by atoms with Crippen molar-refractivity contribution in [1.29, 1.82) is 0 Å². The molecule has 0 aliphatic heterocycles. The molecule has 0 aliphatic rings. The van der Waals surface area contributed by atoms with Crippen LogP contribution in [-0.4, -0.2) is 19.7 Å². The van der Waals surface area contributed by atoms with Crippen molar-refractivity contribution >= 4 is 22.5 Å². The van der Waals surface area contributed by atoms with Crippen LogP contribution in [0.3, 0.4) is 0 Å². The highest BCUT2D eigenvalue weighted by Gasteiger charge is 2.09. The molecule has 4 aromatic rings. The van der Waals surface area contributed by atoms with Gasteiger partial charge in [-0.3, -0.25) is 4.68 Å². The fraction of sp³-hybridized carbons (Fsp3) is 0.105. The fourth-order valence-corrected chi connectivity index (χ4v) is 2.61. The van der Waals surface area contributed by atoms with Crippen molar-refractivity contribution in [3.8, 4) is 0 Å². The molecule has 0 radical (unpaired) electrons. The molecular formula is C19H17N5. The quantitative estimate of drug-likeness (QED) is 0.620. The second kappa shape index (κ2) is 6.12. The lowest BCUT2D eigenvalue weighted by Crippen LogP contribution is -1.99. The third-order valence-electron chi connectivity index (χ3n) is 3.87. The van der Waals surface area contributed by atoms with E-state index in [9.17, 15) is 0 Å². The van der Waals surface area contributed by atoms with Gasteiger partial charge in [-0.25, -0.2) is 9.97 Å². The second-order valence-corrected chi connectivity index (χ2v) is 5.76. The first-order chi connectivity index (χ1) is 11.8. The molecule has 24 heavy (non-hydrogen) atoms. The van der Waals surface area contributed by atoms with E-state index in [1.54, 1.807) is 6.33 Å². The highest BCUT2D eigenvalue weighted by molar-refractivity contribution is 5.87. The summed E-state index contributed by atoms with van der Waals surface area (Å²) in [5.41, 5.74) is 4.11. The molecule has 0 amide bonds. The van der Waals surface area contributed by atoms with Gasteiger partial charge in [-0.15, -0.1) is 0 Å². The maximum Gasteiger partial charge on any atom is 0.186 e. The first-order valence-electron chi connectivity index (χ1n) is 7.84. The number of hydrogen-bond acceptors (Lipinski definition) is 4. The molecule has 1 N–H and O–H groups in total. The normalized spacial score (nSPS) is 10.9. The van der Waals surface area contributed by atoms with Gasteiger partial charge in [0, 0.05) is 11.9 Å². The van der Waals surface area contributed by atoms with Crippen LogP contribution in [0.4, 0.5) is 11.5 Å². The maximum atomic E-state index is 4.55. The van der Waals surface area contributed by atoms with E-state index in [2.05, 4.69) is 51.6 Å². The fourth-order valence-electron chi connectivity index (χ4n) is 2.61. The van der Waals surface area contributed by atoms with Crippen LogP contribution in [0.2, 0.25) is 0 Å². The van der Waals surface area contributed by atoms with E-state index in [-0.39, 0.29) is 0 Å². The minimum atomic E-state index is 0.690. The van der Waals surface area contributed by atoms with Crippen molar-refractivity contribution in [2.45, 2.75) is 13.5 Å². The van der Waals surface area contributed by atoms with Crippen molar-refractivity contribution in [3.63, 3.8) is 0 Å². The molecule has 2 aromatic heterocycles. The average molecular weight is 315 g/mol. The summed E-state index contributed by atoms with van der Waals surface area (Å²) in [5, 5.41) is 8.81. The lowest BCUT2D eigenvalue weighted by molar-refractivity contribution is 0.693. The van der Waals surface area contributed by atoms with Gasteiger partial charge in [-0.05, 0) is 24.6 Å². The van der Waals surface area contributed by atoms with Crippen LogP contribution in [0.15, 0.2) is 67.1 Å². The zero-order valence-corrected chi connectivity index (χ0v) is 13.3. The number of rotatable bonds is 4. The van der Waals surface area contributed by atoms with E-state index in [0.29, 0.717) is 12.2 Å². The predicted octanol–water partition coefficient (Wildman–Crippen LogP) is 3.93. The van der Waals surface area contributed by atoms with Gasteiger partial charge in [-0.2, -0.15) is 5.10 Å². The van der Waals surface area contributed by atoms with Crippen LogP contribution >= 0.6 is 0 Å². The maximum absolute atomic E-state index is 4.55. The van der Waals surface area contributed by atoms with Gasteiger partial charge in [0.15, 0.2) is 5.65 Å². The van der Waals surface area contributed by atoms with Gasteiger partial charge in [0.05, 0.1) is 11.9 Å². The molecule has 0 unspecified atom stereocenters.